The van der Waals surface area contributed by atoms with Gasteiger partial charge in [0.2, 0.25) is 0 Å². The van der Waals surface area contributed by atoms with E-state index in [4.69, 9.17) is 43.1 Å². The van der Waals surface area contributed by atoms with Crippen LogP contribution in [0.1, 0.15) is 19.4 Å². The second kappa shape index (κ2) is 11.3. The second-order valence-corrected chi connectivity index (χ2v) is 6.81. The standard InChI is InChI=1S/C20H21Cl2N3O5/c1-3-28-18-8-13(4-6-17(18)29-11-19(23)26)10-24-25-20(27)12(2)30-16-7-5-14(21)9-15(16)22/h4-10,12H,3,11H2,1-2H3,(H2,23,26)(H,25,27)/b24-10+. The molecular formula is C20H21Cl2N3O5. The Morgan fingerprint density at radius 1 is 1.13 bits per heavy atom. The van der Waals surface area contributed by atoms with Crippen molar-refractivity contribution in [3.63, 3.8) is 0 Å². The summed E-state index contributed by atoms with van der Waals surface area (Å²) in [5.74, 6) is 0.0631. The molecule has 0 saturated carbocycles. The molecule has 0 spiro atoms. The fourth-order valence-electron chi connectivity index (χ4n) is 2.22. The molecule has 0 aliphatic rings. The largest absolute Gasteiger partial charge is 0.490 e. The highest BCUT2D eigenvalue weighted by Crippen LogP contribution is 2.29. The van der Waals surface area contributed by atoms with E-state index < -0.39 is 17.9 Å². The third kappa shape index (κ3) is 7.13. The van der Waals surface area contributed by atoms with E-state index in [2.05, 4.69) is 10.5 Å². The van der Waals surface area contributed by atoms with E-state index in [-0.39, 0.29) is 6.61 Å². The summed E-state index contributed by atoms with van der Waals surface area (Å²) in [6, 6.07) is 9.66. The Labute approximate surface area is 183 Å². The van der Waals surface area contributed by atoms with E-state index in [0.717, 1.165) is 0 Å². The number of ether oxygens (including phenoxy) is 3. The number of amides is 2. The molecule has 1 unspecified atom stereocenters. The third-order valence-electron chi connectivity index (χ3n) is 3.59. The lowest BCUT2D eigenvalue weighted by atomic mass is 10.2. The van der Waals surface area contributed by atoms with Crippen molar-refractivity contribution in [3.8, 4) is 17.2 Å². The summed E-state index contributed by atoms with van der Waals surface area (Å²) < 4.78 is 16.3. The molecule has 2 aromatic carbocycles. The van der Waals surface area contributed by atoms with E-state index >= 15 is 0 Å². The van der Waals surface area contributed by atoms with E-state index in [1.807, 2.05) is 6.92 Å². The zero-order valence-electron chi connectivity index (χ0n) is 16.4. The number of carbonyl (C=O) groups is 2. The minimum absolute atomic E-state index is 0.265. The van der Waals surface area contributed by atoms with Crippen molar-refractivity contribution in [1.29, 1.82) is 0 Å². The van der Waals surface area contributed by atoms with Crippen molar-refractivity contribution in [2.75, 3.05) is 13.2 Å². The molecule has 160 valence electrons. The first-order chi connectivity index (χ1) is 14.3. The average molecular weight is 454 g/mol. The molecule has 2 amide bonds. The van der Waals surface area contributed by atoms with Gasteiger partial charge in [0.1, 0.15) is 5.75 Å². The molecular weight excluding hydrogens is 433 g/mol. The number of hydrogen-bond acceptors (Lipinski definition) is 6. The maximum absolute atomic E-state index is 12.2. The maximum Gasteiger partial charge on any atom is 0.280 e. The van der Waals surface area contributed by atoms with Gasteiger partial charge in [0.05, 0.1) is 17.8 Å². The van der Waals surface area contributed by atoms with Crippen LogP contribution in [0.2, 0.25) is 10.0 Å². The lowest BCUT2D eigenvalue weighted by molar-refractivity contribution is -0.127. The topological polar surface area (TPSA) is 112 Å². The van der Waals surface area contributed by atoms with Gasteiger partial charge in [-0.15, -0.1) is 0 Å². The number of halogens is 2. The van der Waals surface area contributed by atoms with Crippen LogP contribution in [0.25, 0.3) is 0 Å². The van der Waals surface area contributed by atoms with E-state index in [1.165, 1.54) is 12.3 Å². The fourth-order valence-corrected chi connectivity index (χ4v) is 2.67. The Kier molecular flexibility index (Phi) is 8.76. The highest BCUT2D eigenvalue weighted by atomic mass is 35.5. The predicted molar refractivity (Wildman–Crippen MR) is 115 cm³/mol. The first-order valence-corrected chi connectivity index (χ1v) is 9.68. The van der Waals surface area contributed by atoms with E-state index in [0.29, 0.717) is 39.5 Å². The molecule has 2 rings (SSSR count). The summed E-state index contributed by atoms with van der Waals surface area (Å²) in [5.41, 5.74) is 8.12. The Hall–Kier alpha value is -2.97. The first kappa shape index (κ1) is 23.3. The molecule has 0 aliphatic heterocycles. The third-order valence-corrected chi connectivity index (χ3v) is 4.12. The van der Waals surface area contributed by atoms with Crippen LogP contribution in [-0.2, 0) is 9.59 Å². The van der Waals surface area contributed by atoms with Crippen LogP contribution in [0, 0.1) is 0 Å². The number of rotatable bonds is 10. The average Bonchev–Trinajstić information content (AvgIpc) is 2.69. The van der Waals surface area contributed by atoms with Crippen molar-refractivity contribution in [2.24, 2.45) is 10.8 Å². The molecule has 1 atom stereocenters. The van der Waals surface area contributed by atoms with E-state index in [1.54, 1.807) is 37.3 Å². The summed E-state index contributed by atoms with van der Waals surface area (Å²) in [6.07, 6.45) is 0.588. The summed E-state index contributed by atoms with van der Waals surface area (Å²) >= 11 is 11.9. The van der Waals surface area contributed by atoms with Crippen LogP contribution in [-0.4, -0.2) is 37.3 Å². The minimum atomic E-state index is -0.843. The number of carbonyl (C=O) groups excluding carboxylic acids is 2. The zero-order valence-corrected chi connectivity index (χ0v) is 17.9. The second-order valence-electron chi connectivity index (χ2n) is 5.96. The van der Waals surface area contributed by atoms with Crippen LogP contribution in [0.5, 0.6) is 17.2 Å². The summed E-state index contributed by atoms with van der Waals surface area (Å²) in [5, 5.41) is 4.68. The molecule has 10 heteroatoms. The van der Waals surface area contributed by atoms with Crippen molar-refractivity contribution >= 4 is 41.2 Å². The highest BCUT2D eigenvalue weighted by molar-refractivity contribution is 6.35. The van der Waals surface area contributed by atoms with Crippen LogP contribution in [0.15, 0.2) is 41.5 Å². The van der Waals surface area contributed by atoms with Gasteiger partial charge in [0, 0.05) is 5.02 Å². The zero-order chi connectivity index (χ0) is 22.1. The molecule has 0 fully saturated rings. The van der Waals surface area contributed by atoms with Gasteiger partial charge < -0.3 is 19.9 Å². The van der Waals surface area contributed by atoms with E-state index in [9.17, 15) is 9.59 Å². The van der Waals surface area contributed by atoms with Crippen LogP contribution in [0.4, 0.5) is 0 Å². The summed E-state index contributed by atoms with van der Waals surface area (Å²) in [4.78, 5) is 23.1. The number of hydrogen-bond donors (Lipinski definition) is 2. The van der Waals surface area contributed by atoms with Crippen LogP contribution >= 0.6 is 23.2 Å². The van der Waals surface area contributed by atoms with Gasteiger partial charge in [-0.1, -0.05) is 23.2 Å². The minimum Gasteiger partial charge on any atom is -0.490 e. The molecule has 8 nitrogen and oxygen atoms in total. The Morgan fingerprint density at radius 2 is 1.87 bits per heavy atom. The van der Waals surface area contributed by atoms with Crippen molar-refractivity contribution in [1.82, 2.24) is 5.43 Å². The number of hydrazone groups is 1. The molecule has 0 saturated heterocycles. The lowest BCUT2D eigenvalue weighted by Crippen LogP contribution is -2.33. The van der Waals surface area contributed by atoms with Crippen molar-refractivity contribution in [2.45, 2.75) is 20.0 Å². The molecule has 30 heavy (non-hydrogen) atoms. The SMILES string of the molecule is CCOc1cc(/C=N/NC(=O)C(C)Oc2ccc(Cl)cc2Cl)ccc1OCC(N)=O. The predicted octanol–water partition coefficient (Wildman–Crippen LogP) is 3.17. The molecule has 0 bridgehead atoms. The van der Waals surface area contributed by atoms with Crippen LogP contribution < -0.4 is 25.4 Å². The number of nitrogens with two attached hydrogens (primary N) is 1. The maximum atomic E-state index is 12.2. The fraction of sp³-hybridized carbons (Fsp3) is 0.250. The monoisotopic (exact) mass is 453 g/mol. The Morgan fingerprint density at radius 3 is 2.53 bits per heavy atom. The molecule has 0 radical (unpaired) electrons. The molecule has 3 N–H and O–H groups in total. The van der Waals surface area contributed by atoms with Gasteiger partial charge in [-0.25, -0.2) is 5.43 Å². The van der Waals surface area contributed by atoms with Gasteiger partial charge in [-0.3, -0.25) is 9.59 Å². The lowest BCUT2D eigenvalue weighted by Gasteiger charge is -2.14. The van der Waals surface area contributed by atoms with Gasteiger partial charge in [-0.2, -0.15) is 5.10 Å². The van der Waals surface area contributed by atoms with Gasteiger partial charge in [-0.05, 0) is 55.8 Å². The highest BCUT2D eigenvalue weighted by Gasteiger charge is 2.16. The first-order valence-electron chi connectivity index (χ1n) is 8.92. The number of nitrogens with zero attached hydrogens (tertiary/aromatic N) is 1. The number of primary amides is 1. The molecule has 2 aromatic rings. The number of nitrogens with one attached hydrogen (secondary N) is 1. The normalized spacial score (nSPS) is 11.7. The van der Waals surface area contributed by atoms with Gasteiger partial charge in [0.25, 0.3) is 11.8 Å². The Balaban J connectivity index is 1.98. The molecule has 0 heterocycles. The number of benzene rings is 2. The summed E-state index contributed by atoms with van der Waals surface area (Å²) in [6.45, 7) is 3.51. The summed E-state index contributed by atoms with van der Waals surface area (Å²) in [7, 11) is 0. The Bertz CT molecular complexity index is 937. The van der Waals surface area contributed by atoms with Crippen molar-refractivity contribution < 1.29 is 23.8 Å². The molecule has 0 aliphatic carbocycles. The van der Waals surface area contributed by atoms with Gasteiger partial charge in [0.15, 0.2) is 24.2 Å². The van der Waals surface area contributed by atoms with Gasteiger partial charge >= 0.3 is 0 Å². The van der Waals surface area contributed by atoms with Crippen molar-refractivity contribution in [3.05, 3.63) is 52.0 Å². The quantitative estimate of drug-likeness (QED) is 0.423. The smallest absolute Gasteiger partial charge is 0.280 e. The van der Waals surface area contributed by atoms with Crippen LogP contribution in [0.3, 0.4) is 0 Å². The molecule has 0 aromatic heterocycles.